The molecule has 0 aliphatic carbocycles. The van der Waals surface area contributed by atoms with Crippen molar-refractivity contribution >= 4 is 46.6 Å². The highest BCUT2D eigenvalue weighted by Crippen LogP contribution is 2.37. The Bertz CT molecular complexity index is 1570. The lowest BCUT2D eigenvalue weighted by Crippen LogP contribution is -2.50. The van der Waals surface area contributed by atoms with E-state index in [1.54, 1.807) is 0 Å². The summed E-state index contributed by atoms with van der Waals surface area (Å²) in [5, 5.41) is 5.28. The second-order valence-corrected chi connectivity index (χ2v) is 10.1. The summed E-state index contributed by atoms with van der Waals surface area (Å²) in [5.74, 6) is -2.43. The molecule has 3 aromatic carbocycles. The summed E-state index contributed by atoms with van der Waals surface area (Å²) in [4.78, 5) is 39.6. The first kappa shape index (κ1) is 31.6. The first-order valence-electron chi connectivity index (χ1n) is 12.6. The quantitative estimate of drug-likeness (QED) is 0.290. The van der Waals surface area contributed by atoms with Crippen LogP contribution in [0.15, 0.2) is 72.9 Å². The number of carbonyl (C=O) groups is 3. The molecule has 0 aromatic heterocycles. The van der Waals surface area contributed by atoms with E-state index < -0.39 is 48.0 Å². The van der Waals surface area contributed by atoms with E-state index in [9.17, 15) is 31.9 Å². The highest BCUT2D eigenvalue weighted by atomic mass is 35.5. The van der Waals surface area contributed by atoms with E-state index >= 15 is 0 Å². The Morgan fingerprint density at radius 1 is 1.07 bits per heavy atom. The van der Waals surface area contributed by atoms with Gasteiger partial charge in [0.2, 0.25) is 0 Å². The lowest BCUT2D eigenvalue weighted by atomic mass is 10.1. The van der Waals surface area contributed by atoms with E-state index in [1.165, 1.54) is 36.4 Å². The summed E-state index contributed by atoms with van der Waals surface area (Å²) in [7, 11) is 0. The fraction of sp³-hybridized carbons (Fsp3) is 0.207. The summed E-state index contributed by atoms with van der Waals surface area (Å²) in [6, 6.07) is 12.0. The molecular weight excluding hydrogens is 617 g/mol. The largest absolute Gasteiger partial charge is 0.484 e. The number of hydrogen-bond acceptors (Lipinski definition) is 5. The van der Waals surface area contributed by atoms with Crippen LogP contribution in [0.4, 0.5) is 23.2 Å². The summed E-state index contributed by atoms with van der Waals surface area (Å²) in [6.45, 7) is 3.11. The van der Waals surface area contributed by atoms with Crippen molar-refractivity contribution in [2.75, 3.05) is 24.6 Å². The zero-order chi connectivity index (χ0) is 31.3. The third-order valence-corrected chi connectivity index (χ3v) is 6.66. The van der Waals surface area contributed by atoms with Gasteiger partial charge in [-0.3, -0.25) is 14.4 Å². The second-order valence-electron chi connectivity index (χ2n) is 9.27. The number of halogens is 6. The monoisotopic (exact) mass is 639 g/mol. The maximum Gasteiger partial charge on any atom is 0.416 e. The average molecular weight is 640 g/mol. The van der Waals surface area contributed by atoms with E-state index in [2.05, 4.69) is 17.2 Å². The van der Waals surface area contributed by atoms with Crippen molar-refractivity contribution in [3.05, 3.63) is 99.9 Å². The number of nitrogens with zero attached hydrogens (tertiary/aromatic N) is 1. The topological polar surface area (TPSA) is 97.0 Å². The molecule has 3 aromatic rings. The first-order chi connectivity index (χ1) is 20.3. The fourth-order valence-corrected chi connectivity index (χ4v) is 4.29. The number of alkyl halides is 3. The normalized spacial score (nSPS) is 14.3. The van der Waals surface area contributed by atoms with Crippen molar-refractivity contribution in [1.82, 2.24) is 10.6 Å². The summed E-state index contributed by atoms with van der Waals surface area (Å²) < 4.78 is 64.2. The smallest absolute Gasteiger partial charge is 0.416 e. The van der Waals surface area contributed by atoms with Crippen molar-refractivity contribution in [2.45, 2.75) is 18.7 Å². The molecule has 0 spiro atoms. The standard InChI is InChI=1S/C29H23Cl2F4N3O5/c1-16(9-10-36-26(39)15-42-20-6-7-21(31)22(32)13-20)37-27(40)25-14-38(23-12-19(30)5-8-24(23)43-25)28(41)17-3-2-4-18(11-17)29(33,34)35/h2-8,11-13,25H,1,9-10,14-15H2,(H,36,39)(H,37,40). The molecule has 1 aliphatic rings. The van der Waals surface area contributed by atoms with E-state index in [4.69, 9.17) is 32.7 Å². The third kappa shape index (κ3) is 8.17. The molecule has 2 N–H and O–H groups in total. The highest BCUT2D eigenvalue weighted by molar-refractivity contribution is 6.31. The Kier molecular flexibility index (Phi) is 9.82. The van der Waals surface area contributed by atoms with Crippen LogP contribution in [0.25, 0.3) is 0 Å². The van der Waals surface area contributed by atoms with Gasteiger partial charge in [0, 0.05) is 35.3 Å². The number of rotatable bonds is 9. The summed E-state index contributed by atoms with van der Waals surface area (Å²) in [5.41, 5.74) is -0.843. The lowest BCUT2D eigenvalue weighted by molar-refractivity contribution is -0.137. The lowest BCUT2D eigenvalue weighted by Gasteiger charge is -2.34. The molecule has 0 saturated heterocycles. The van der Waals surface area contributed by atoms with Gasteiger partial charge in [-0.1, -0.05) is 35.8 Å². The van der Waals surface area contributed by atoms with Crippen LogP contribution in [0.3, 0.4) is 0 Å². The van der Waals surface area contributed by atoms with Crippen molar-refractivity contribution in [3.8, 4) is 11.5 Å². The van der Waals surface area contributed by atoms with Crippen LogP contribution >= 0.6 is 23.2 Å². The number of benzene rings is 3. The van der Waals surface area contributed by atoms with Gasteiger partial charge >= 0.3 is 6.18 Å². The fourth-order valence-electron chi connectivity index (χ4n) is 4.01. The van der Waals surface area contributed by atoms with Gasteiger partial charge in [0.15, 0.2) is 12.7 Å². The van der Waals surface area contributed by atoms with Crippen molar-refractivity contribution < 1.29 is 41.4 Å². The van der Waals surface area contributed by atoms with Gasteiger partial charge in [0.25, 0.3) is 17.7 Å². The molecule has 0 radical (unpaired) electrons. The van der Waals surface area contributed by atoms with Gasteiger partial charge in [0.1, 0.15) is 17.3 Å². The SMILES string of the molecule is C=C(CCNC(=O)COc1ccc(Cl)c(F)c1)NC(=O)C1CN(C(=O)c2cccc(C(F)(F)F)c2)c2cc(Cl)ccc2O1. The molecule has 14 heteroatoms. The van der Waals surface area contributed by atoms with Crippen LogP contribution in [-0.2, 0) is 15.8 Å². The molecule has 43 heavy (non-hydrogen) atoms. The van der Waals surface area contributed by atoms with Gasteiger partial charge < -0.3 is 25.0 Å². The van der Waals surface area contributed by atoms with Crippen LogP contribution in [0.1, 0.15) is 22.3 Å². The summed E-state index contributed by atoms with van der Waals surface area (Å²) >= 11 is 11.7. The maximum absolute atomic E-state index is 13.5. The Morgan fingerprint density at radius 3 is 2.56 bits per heavy atom. The average Bonchev–Trinajstić information content (AvgIpc) is 2.96. The minimum absolute atomic E-state index is 0.0727. The molecule has 1 aliphatic heterocycles. The molecule has 0 saturated carbocycles. The van der Waals surface area contributed by atoms with E-state index in [1.807, 2.05) is 0 Å². The highest BCUT2D eigenvalue weighted by Gasteiger charge is 2.36. The predicted molar refractivity (Wildman–Crippen MR) is 151 cm³/mol. The maximum atomic E-state index is 13.5. The minimum Gasteiger partial charge on any atom is -0.484 e. The number of ether oxygens (including phenoxy) is 2. The molecule has 0 fully saturated rings. The van der Waals surface area contributed by atoms with Crippen molar-refractivity contribution in [2.24, 2.45) is 0 Å². The van der Waals surface area contributed by atoms with E-state index in [0.29, 0.717) is 0 Å². The van der Waals surface area contributed by atoms with Gasteiger partial charge in [0.05, 0.1) is 22.8 Å². The van der Waals surface area contributed by atoms with Crippen molar-refractivity contribution in [3.63, 3.8) is 0 Å². The zero-order valence-electron chi connectivity index (χ0n) is 22.1. The van der Waals surface area contributed by atoms with Crippen LogP contribution in [0, 0.1) is 5.82 Å². The van der Waals surface area contributed by atoms with Crippen LogP contribution in [0.5, 0.6) is 11.5 Å². The first-order valence-corrected chi connectivity index (χ1v) is 13.4. The number of fused-ring (bicyclic) bond motifs is 1. The number of anilines is 1. The van der Waals surface area contributed by atoms with Crippen LogP contribution in [-0.4, -0.2) is 43.5 Å². The van der Waals surface area contributed by atoms with Gasteiger partial charge in [-0.2, -0.15) is 13.2 Å². The van der Waals surface area contributed by atoms with Crippen LogP contribution < -0.4 is 25.0 Å². The van der Waals surface area contributed by atoms with E-state index in [0.717, 1.165) is 29.2 Å². The number of nitrogens with one attached hydrogen (secondary N) is 2. The van der Waals surface area contributed by atoms with Gasteiger partial charge in [-0.05, 0) is 48.5 Å². The third-order valence-electron chi connectivity index (χ3n) is 6.11. The Balaban J connectivity index is 1.35. The molecule has 1 heterocycles. The number of hydrogen-bond donors (Lipinski definition) is 2. The molecule has 1 atom stereocenters. The van der Waals surface area contributed by atoms with E-state index in [-0.39, 0.29) is 58.0 Å². The zero-order valence-corrected chi connectivity index (χ0v) is 23.7. The molecule has 1 unspecified atom stereocenters. The Morgan fingerprint density at radius 2 is 1.84 bits per heavy atom. The molecule has 3 amide bonds. The number of carbonyl (C=O) groups excluding carboxylic acids is 3. The molecule has 4 rings (SSSR count). The summed E-state index contributed by atoms with van der Waals surface area (Å²) in [6.07, 6.45) is -5.78. The molecular formula is C29H23Cl2F4N3O5. The molecule has 226 valence electrons. The second kappa shape index (κ2) is 13.3. The minimum atomic E-state index is -4.66. The molecule has 0 bridgehead atoms. The van der Waals surface area contributed by atoms with Gasteiger partial charge in [-0.25, -0.2) is 4.39 Å². The molecule has 8 nitrogen and oxygen atoms in total. The van der Waals surface area contributed by atoms with Crippen LogP contribution in [0.2, 0.25) is 10.0 Å². The Hall–Kier alpha value is -4.29. The predicted octanol–water partition coefficient (Wildman–Crippen LogP) is 5.77. The van der Waals surface area contributed by atoms with Gasteiger partial charge in [-0.15, -0.1) is 0 Å². The van der Waals surface area contributed by atoms with Crippen molar-refractivity contribution in [1.29, 1.82) is 0 Å². The Labute approximate surface area is 253 Å². The number of amides is 3.